The summed E-state index contributed by atoms with van der Waals surface area (Å²) < 4.78 is 5.51. The number of nitrogens with zero attached hydrogens (tertiary/aromatic N) is 2. The quantitative estimate of drug-likeness (QED) is 0.130. The smallest absolute Gasteiger partial charge is 0.277 e. The van der Waals surface area contributed by atoms with Gasteiger partial charge in [0.2, 0.25) is 0 Å². The van der Waals surface area contributed by atoms with E-state index in [1.807, 2.05) is 22.7 Å². The summed E-state index contributed by atoms with van der Waals surface area (Å²) in [6.45, 7) is 6.73. The molecular formula is C55H37BN2S2. The fourth-order valence-corrected chi connectivity index (χ4v) is 12.9. The summed E-state index contributed by atoms with van der Waals surface area (Å²) >= 11 is 3.94. The third-order valence-electron chi connectivity index (χ3n) is 13.0. The van der Waals surface area contributed by atoms with Crippen LogP contribution >= 0.6 is 22.7 Å². The van der Waals surface area contributed by atoms with Crippen molar-refractivity contribution in [2.75, 3.05) is 9.80 Å². The van der Waals surface area contributed by atoms with Gasteiger partial charge in [0.05, 0.1) is 11.4 Å². The van der Waals surface area contributed by atoms with Gasteiger partial charge in [0.1, 0.15) is 0 Å². The second kappa shape index (κ2) is 12.7. The van der Waals surface area contributed by atoms with E-state index in [9.17, 15) is 0 Å². The standard InChI is InChI=1S/C55H37BN2S2/c1-32-15-22-37(23-16-32)57-47-13-8-14-48-51(47)56(54-52(57)45-29-33(2)17-27-49(45)59-54)55-53(46-30-34(3)18-28-50(46)60-55)58(48)38-24-19-35(20-25-38)36-21-26-43-41-11-5-4-9-39(41)40-10-6-7-12-42(40)44(43)31-36/h4-31H,1-3H3. The number of fused-ring (bicyclic) bond motifs is 14. The maximum Gasteiger partial charge on any atom is 0.277 e. The van der Waals surface area contributed by atoms with Crippen molar-refractivity contribution in [2.45, 2.75) is 20.8 Å². The van der Waals surface area contributed by atoms with E-state index in [-0.39, 0.29) is 6.71 Å². The number of thiophene rings is 2. The maximum atomic E-state index is 2.57. The molecule has 0 atom stereocenters. The Bertz CT molecular complexity index is 3560. The first kappa shape index (κ1) is 34.2. The van der Waals surface area contributed by atoms with Gasteiger partial charge in [-0.3, -0.25) is 0 Å². The first-order valence-corrected chi connectivity index (χ1v) is 22.4. The number of hydrogen-bond acceptors (Lipinski definition) is 4. The van der Waals surface area contributed by atoms with Crippen molar-refractivity contribution in [3.63, 3.8) is 0 Å². The van der Waals surface area contributed by atoms with Crippen LogP contribution in [0.3, 0.4) is 0 Å². The zero-order valence-electron chi connectivity index (χ0n) is 33.5. The SMILES string of the molecule is Cc1ccc(N2c3cccc4c3B(c3sc5ccc(C)cc5c32)c2sc3ccc(C)cc3c2N4c2ccc(-c3ccc4c5ccccc5c5ccccc5c4c3)cc2)cc1. The summed E-state index contributed by atoms with van der Waals surface area (Å²) in [4.78, 5) is 5.13. The van der Waals surface area contributed by atoms with Crippen molar-refractivity contribution in [3.8, 4) is 11.1 Å². The van der Waals surface area contributed by atoms with Crippen molar-refractivity contribution < 1.29 is 0 Å². The minimum atomic E-state index is 0.123. The molecule has 0 fully saturated rings. The molecule has 9 aromatic carbocycles. The van der Waals surface area contributed by atoms with Crippen molar-refractivity contribution in [1.29, 1.82) is 0 Å². The van der Waals surface area contributed by atoms with E-state index in [4.69, 9.17) is 0 Å². The number of hydrogen-bond donors (Lipinski definition) is 0. The molecule has 2 aliphatic rings. The summed E-state index contributed by atoms with van der Waals surface area (Å²) in [5.41, 5.74) is 15.2. The number of rotatable bonds is 3. The highest BCUT2D eigenvalue weighted by atomic mass is 32.1. The Hall–Kier alpha value is -6.66. The molecule has 0 bridgehead atoms. The third kappa shape index (κ3) is 4.82. The lowest BCUT2D eigenvalue weighted by atomic mass is 9.39. The van der Waals surface area contributed by atoms with Crippen LogP contribution in [0.15, 0.2) is 170 Å². The van der Waals surface area contributed by atoms with E-state index in [2.05, 4.69) is 200 Å². The first-order chi connectivity index (χ1) is 29.5. The number of anilines is 6. The van der Waals surface area contributed by atoms with Crippen molar-refractivity contribution in [1.82, 2.24) is 0 Å². The second-order valence-corrected chi connectivity index (χ2v) is 18.8. The maximum absolute atomic E-state index is 2.57. The molecule has 0 N–H and O–H groups in total. The molecule has 0 spiro atoms. The molecular weight excluding hydrogens is 764 g/mol. The summed E-state index contributed by atoms with van der Waals surface area (Å²) in [6, 6.07) is 64.1. The van der Waals surface area contributed by atoms with Crippen LogP contribution in [-0.2, 0) is 0 Å². The molecule has 0 amide bonds. The Morgan fingerprint density at radius 1 is 0.367 bits per heavy atom. The van der Waals surface area contributed by atoms with Crippen LogP contribution in [0.2, 0.25) is 0 Å². The summed E-state index contributed by atoms with van der Waals surface area (Å²) in [5.74, 6) is 0. The molecule has 2 aromatic heterocycles. The summed E-state index contributed by atoms with van der Waals surface area (Å²) in [7, 11) is 0. The topological polar surface area (TPSA) is 6.48 Å². The van der Waals surface area contributed by atoms with Crippen LogP contribution < -0.4 is 24.8 Å². The minimum absolute atomic E-state index is 0.123. The fraction of sp³-hybridized carbons (Fsp3) is 0.0545. The Balaban J connectivity index is 1.03. The largest absolute Gasteiger partial charge is 0.310 e. The lowest BCUT2D eigenvalue weighted by molar-refractivity contribution is 1.27. The van der Waals surface area contributed by atoms with E-state index in [0.717, 1.165) is 0 Å². The van der Waals surface area contributed by atoms with Crippen molar-refractivity contribution in [2.24, 2.45) is 0 Å². The molecule has 13 rings (SSSR count). The zero-order chi connectivity index (χ0) is 39.8. The van der Waals surface area contributed by atoms with Gasteiger partial charge in [0, 0.05) is 52.5 Å². The molecule has 0 radical (unpaired) electrons. The van der Waals surface area contributed by atoms with Crippen molar-refractivity contribution >= 4 is 131 Å². The Labute approximate surface area is 357 Å². The van der Waals surface area contributed by atoms with Gasteiger partial charge >= 0.3 is 0 Å². The Morgan fingerprint density at radius 3 is 1.35 bits per heavy atom. The van der Waals surface area contributed by atoms with Gasteiger partial charge in [-0.05, 0) is 136 Å². The highest BCUT2D eigenvalue weighted by molar-refractivity contribution is 7.40. The highest BCUT2D eigenvalue weighted by Gasteiger charge is 2.46. The van der Waals surface area contributed by atoms with Crippen LogP contribution in [0, 0.1) is 20.8 Å². The molecule has 0 aliphatic carbocycles. The van der Waals surface area contributed by atoms with Crippen LogP contribution in [0.1, 0.15) is 16.7 Å². The Morgan fingerprint density at radius 2 is 0.817 bits per heavy atom. The van der Waals surface area contributed by atoms with E-state index < -0.39 is 0 Å². The number of benzene rings is 9. The summed E-state index contributed by atoms with van der Waals surface area (Å²) in [5, 5.41) is 10.4. The normalized spacial score (nSPS) is 13.2. The van der Waals surface area contributed by atoms with Crippen LogP contribution in [0.4, 0.5) is 34.1 Å². The van der Waals surface area contributed by atoms with Gasteiger partial charge in [0.25, 0.3) is 6.71 Å². The van der Waals surface area contributed by atoms with E-state index >= 15 is 0 Å². The lowest BCUT2D eigenvalue weighted by Gasteiger charge is -2.42. The van der Waals surface area contributed by atoms with Crippen LogP contribution in [-0.4, -0.2) is 6.71 Å². The monoisotopic (exact) mass is 800 g/mol. The molecule has 5 heteroatoms. The molecule has 0 saturated heterocycles. The van der Waals surface area contributed by atoms with Gasteiger partial charge in [-0.15, -0.1) is 22.7 Å². The molecule has 0 unspecified atom stereocenters. The molecule has 4 heterocycles. The Kier molecular flexibility index (Phi) is 7.23. The molecule has 60 heavy (non-hydrogen) atoms. The molecule has 11 aromatic rings. The molecule has 2 nitrogen and oxygen atoms in total. The summed E-state index contributed by atoms with van der Waals surface area (Å²) in [6.07, 6.45) is 0. The highest BCUT2D eigenvalue weighted by Crippen LogP contribution is 2.50. The van der Waals surface area contributed by atoms with E-state index in [1.54, 1.807) is 0 Å². The van der Waals surface area contributed by atoms with Gasteiger partial charge in [-0.25, -0.2) is 0 Å². The second-order valence-electron chi connectivity index (χ2n) is 16.7. The zero-order valence-corrected chi connectivity index (χ0v) is 35.1. The van der Waals surface area contributed by atoms with E-state index in [1.165, 1.54) is 129 Å². The van der Waals surface area contributed by atoms with Crippen LogP contribution in [0.25, 0.3) is 63.6 Å². The molecule has 282 valence electrons. The van der Waals surface area contributed by atoms with Gasteiger partial charge < -0.3 is 9.80 Å². The van der Waals surface area contributed by atoms with Gasteiger partial charge in [-0.2, -0.15) is 0 Å². The molecule has 2 aliphatic heterocycles. The lowest BCUT2D eigenvalue weighted by Crippen LogP contribution is -2.59. The fourth-order valence-electron chi connectivity index (χ4n) is 10.3. The predicted octanol–water partition coefficient (Wildman–Crippen LogP) is 14.3. The average Bonchev–Trinajstić information content (AvgIpc) is 3.85. The van der Waals surface area contributed by atoms with Gasteiger partial charge in [0.15, 0.2) is 0 Å². The minimum Gasteiger partial charge on any atom is -0.310 e. The number of aryl methyl sites for hydroxylation is 3. The van der Waals surface area contributed by atoms with Crippen LogP contribution in [0.5, 0.6) is 0 Å². The average molecular weight is 801 g/mol. The first-order valence-electron chi connectivity index (χ1n) is 20.8. The predicted molar refractivity (Wildman–Crippen MR) is 263 cm³/mol. The third-order valence-corrected chi connectivity index (χ3v) is 15.4. The van der Waals surface area contributed by atoms with Crippen molar-refractivity contribution in [3.05, 3.63) is 187 Å². The van der Waals surface area contributed by atoms with E-state index in [0.29, 0.717) is 0 Å². The molecule has 0 saturated carbocycles. The van der Waals surface area contributed by atoms with Gasteiger partial charge in [-0.1, -0.05) is 120 Å².